The first kappa shape index (κ1) is 26.6. The van der Waals surface area contributed by atoms with E-state index >= 15 is 0 Å². The van der Waals surface area contributed by atoms with Gasteiger partial charge in [-0.05, 0) is 37.1 Å². The molecule has 182 valence electrons. The highest BCUT2D eigenvalue weighted by molar-refractivity contribution is 5.50. The lowest BCUT2D eigenvalue weighted by Gasteiger charge is -2.39. The van der Waals surface area contributed by atoms with Crippen LogP contribution in [0.5, 0.6) is 5.75 Å². The third-order valence-corrected chi connectivity index (χ3v) is 5.86. The van der Waals surface area contributed by atoms with Gasteiger partial charge in [-0.2, -0.15) is 0 Å². The molecule has 0 saturated carbocycles. The third-order valence-electron chi connectivity index (χ3n) is 5.86. The molecule has 7 heteroatoms. The second kappa shape index (κ2) is 14.5. The molecule has 32 heavy (non-hydrogen) atoms. The minimum absolute atomic E-state index is 0.435. The number of aliphatic hydroxyl groups is 4. The summed E-state index contributed by atoms with van der Waals surface area (Å²) < 4.78 is 11.0. The fourth-order valence-electron chi connectivity index (χ4n) is 3.83. The maximum atomic E-state index is 10.1. The van der Waals surface area contributed by atoms with Crippen molar-refractivity contribution in [2.75, 3.05) is 11.9 Å². The van der Waals surface area contributed by atoms with Crippen molar-refractivity contribution in [3.05, 3.63) is 36.5 Å². The van der Waals surface area contributed by atoms with Crippen LogP contribution in [0, 0.1) is 0 Å². The largest absolute Gasteiger partial charge is 0.462 e. The van der Waals surface area contributed by atoms with Crippen LogP contribution in [0.4, 0.5) is 5.69 Å². The van der Waals surface area contributed by atoms with Gasteiger partial charge in [0.1, 0.15) is 30.2 Å². The summed E-state index contributed by atoms with van der Waals surface area (Å²) in [5, 5.41) is 42.3. The number of ether oxygens (including phenoxy) is 2. The van der Waals surface area contributed by atoms with Crippen LogP contribution in [0.15, 0.2) is 36.5 Å². The predicted octanol–water partition coefficient (Wildman–Crippen LogP) is 3.71. The first-order valence-electron chi connectivity index (χ1n) is 12.0. The van der Waals surface area contributed by atoms with Crippen molar-refractivity contribution in [3.63, 3.8) is 0 Å². The summed E-state index contributed by atoms with van der Waals surface area (Å²) in [5.74, 6) is 0.435. The molecule has 0 bridgehead atoms. The van der Waals surface area contributed by atoms with Gasteiger partial charge in [-0.1, -0.05) is 64.9 Å². The van der Waals surface area contributed by atoms with E-state index in [0.717, 1.165) is 24.2 Å². The van der Waals surface area contributed by atoms with Crippen LogP contribution in [0.25, 0.3) is 0 Å². The minimum atomic E-state index is -1.46. The van der Waals surface area contributed by atoms with Gasteiger partial charge in [0.15, 0.2) is 0 Å². The lowest BCUT2D eigenvalue weighted by Crippen LogP contribution is -2.60. The molecule has 1 saturated heterocycles. The molecule has 0 amide bonds. The van der Waals surface area contributed by atoms with Gasteiger partial charge in [0.05, 0.1) is 6.61 Å². The Bertz CT molecular complexity index is 650. The van der Waals surface area contributed by atoms with Crippen molar-refractivity contribution in [1.29, 1.82) is 0 Å². The summed E-state index contributed by atoms with van der Waals surface area (Å²) in [5.41, 5.74) is 1.85. The van der Waals surface area contributed by atoms with Crippen LogP contribution in [0.3, 0.4) is 0 Å². The van der Waals surface area contributed by atoms with Crippen LogP contribution in [-0.4, -0.2) is 57.7 Å². The number of anilines is 1. The zero-order valence-electron chi connectivity index (χ0n) is 19.3. The van der Waals surface area contributed by atoms with E-state index in [0.29, 0.717) is 5.75 Å². The van der Waals surface area contributed by atoms with Crippen LogP contribution in [0.1, 0.15) is 71.1 Å². The van der Waals surface area contributed by atoms with E-state index in [-0.39, 0.29) is 0 Å². The topological polar surface area (TPSA) is 111 Å². The van der Waals surface area contributed by atoms with E-state index in [1.165, 1.54) is 51.4 Å². The zero-order valence-corrected chi connectivity index (χ0v) is 19.3. The van der Waals surface area contributed by atoms with Gasteiger partial charge in [0.2, 0.25) is 6.29 Å². The molecule has 7 nitrogen and oxygen atoms in total. The van der Waals surface area contributed by atoms with Gasteiger partial charge in [0.25, 0.3) is 0 Å². The molecule has 0 radical (unpaired) electrons. The number of nitrogens with one attached hydrogen (secondary N) is 1. The number of benzene rings is 1. The average Bonchev–Trinajstić information content (AvgIpc) is 2.79. The number of rotatable bonds is 15. The summed E-state index contributed by atoms with van der Waals surface area (Å²) in [6, 6.07) is 7.10. The number of hydrogen-bond acceptors (Lipinski definition) is 7. The second-order valence-corrected chi connectivity index (χ2v) is 8.65. The smallest absolute Gasteiger partial charge is 0.229 e. The molecule has 1 aromatic rings. The van der Waals surface area contributed by atoms with Crippen molar-refractivity contribution in [3.8, 4) is 5.75 Å². The highest BCUT2D eigenvalue weighted by Gasteiger charge is 2.44. The van der Waals surface area contributed by atoms with Crippen LogP contribution in [-0.2, 0) is 4.74 Å². The Morgan fingerprint density at radius 3 is 2.09 bits per heavy atom. The molecule has 1 aliphatic rings. The summed E-state index contributed by atoms with van der Waals surface area (Å²) in [6.45, 7) is 5.86. The van der Waals surface area contributed by atoms with E-state index in [9.17, 15) is 20.4 Å². The van der Waals surface area contributed by atoms with Crippen LogP contribution in [0.2, 0.25) is 0 Å². The monoisotopic (exact) mass is 451 g/mol. The number of allylic oxidation sites excluding steroid dienone is 1. The molecular formula is C25H41NO6. The predicted molar refractivity (Wildman–Crippen MR) is 125 cm³/mol. The minimum Gasteiger partial charge on any atom is -0.462 e. The van der Waals surface area contributed by atoms with E-state index in [4.69, 9.17) is 9.47 Å². The van der Waals surface area contributed by atoms with E-state index in [2.05, 4.69) is 18.8 Å². The van der Waals surface area contributed by atoms with Crippen molar-refractivity contribution in [2.45, 2.75) is 102 Å². The van der Waals surface area contributed by atoms with Crippen LogP contribution < -0.4 is 10.1 Å². The van der Waals surface area contributed by atoms with Crippen molar-refractivity contribution in [1.82, 2.24) is 0 Å². The van der Waals surface area contributed by atoms with Gasteiger partial charge >= 0.3 is 0 Å². The molecule has 0 spiro atoms. The maximum Gasteiger partial charge on any atom is 0.229 e. The molecule has 0 aromatic heterocycles. The molecule has 0 aliphatic carbocycles. The molecule has 1 aromatic carbocycles. The molecule has 2 rings (SSSR count). The standard InChI is InChI=1S/C25H41NO6/c1-3-4-5-6-7-8-9-10-11-12-18(2)26-19-13-15-20(16-14-19)31-25-24(30)23(29)22(28)21(17-27)32-25/h13-16,21-30H,2-12,17H2,1H3/t21?,22-,23+,24?,25-/m1/s1. The lowest BCUT2D eigenvalue weighted by atomic mass is 9.99. The highest BCUT2D eigenvalue weighted by Crippen LogP contribution is 2.25. The van der Waals surface area contributed by atoms with Gasteiger partial charge < -0.3 is 35.2 Å². The molecule has 2 unspecified atom stereocenters. The number of aliphatic hydroxyl groups excluding tert-OH is 4. The molecule has 1 aliphatic heterocycles. The Hall–Kier alpha value is -1.64. The highest BCUT2D eigenvalue weighted by atomic mass is 16.7. The Morgan fingerprint density at radius 2 is 1.50 bits per heavy atom. The third kappa shape index (κ3) is 8.71. The molecule has 5 atom stereocenters. The molecule has 1 fully saturated rings. The molecule has 5 N–H and O–H groups in total. The fourth-order valence-corrected chi connectivity index (χ4v) is 3.83. The maximum absolute atomic E-state index is 10.1. The Labute approximate surface area is 192 Å². The second-order valence-electron chi connectivity index (χ2n) is 8.65. The summed E-state index contributed by atoms with van der Waals surface area (Å²) >= 11 is 0. The first-order valence-corrected chi connectivity index (χ1v) is 12.0. The van der Waals surface area contributed by atoms with Crippen molar-refractivity contribution in [2.24, 2.45) is 0 Å². The molecular weight excluding hydrogens is 410 g/mol. The quantitative estimate of drug-likeness (QED) is 0.259. The van der Waals surface area contributed by atoms with Gasteiger partial charge in [-0.25, -0.2) is 0 Å². The first-order chi connectivity index (χ1) is 15.5. The van der Waals surface area contributed by atoms with E-state index < -0.39 is 37.3 Å². The summed E-state index contributed by atoms with van der Waals surface area (Å²) in [4.78, 5) is 0. The Balaban J connectivity index is 1.67. The summed E-state index contributed by atoms with van der Waals surface area (Å²) in [7, 11) is 0. The van der Waals surface area contributed by atoms with Gasteiger partial charge in [-0.15, -0.1) is 0 Å². The van der Waals surface area contributed by atoms with Gasteiger partial charge in [-0.3, -0.25) is 0 Å². The van der Waals surface area contributed by atoms with Crippen molar-refractivity contribution >= 4 is 5.69 Å². The van der Waals surface area contributed by atoms with Gasteiger partial charge in [0, 0.05) is 11.4 Å². The summed E-state index contributed by atoms with van der Waals surface area (Å²) in [6.07, 6.45) is 6.11. The Morgan fingerprint density at radius 1 is 0.906 bits per heavy atom. The number of unbranched alkanes of at least 4 members (excludes halogenated alkanes) is 8. The van der Waals surface area contributed by atoms with Crippen LogP contribution >= 0.6 is 0 Å². The van der Waals surface area contributed by atoms with E-state index in [1.807, 2.05) is 12.1 Å². The average molecular weight is 452 g/mol. The molecule has 1 heterocycles. The number of hydrogen-bond donors (Lipinski definition) is 5. The van der Waals surface area contributed by atoms with Crippen molar-refractivity contribution < 1.29 is 29.9 Å². The SMILES string of the molecule is C=C(CCCCCCCCCCC)Nc1ccc(O[C@@H]2OC(CO)[C@@H](O)[C@H](O)C2O)cc1. The lowest BCUT2D eigenvalue weighted by molar-refractivity contribution is -0.277. The normalized spacial score (nSPS) is 25.5. The fraction of sp³-hybridized carbons (Fsp3) is 0.680. The zero-order chi connectivity index (χ0) is 23.3. The Kier molecular flexibility index (Phi) is 12.1. The van der Waals surface area contributed by atoms with E-state index in [1.54, 1.807) is 12.1 Å².